The molecule has 3 nitrogen and oxygen atoms in total. The number of nitrogens with zero attached hydrogens (tertiary/aromatic N) is 2. The van der Waals surface area contributed by atoms with E-state index in [0.29, 0.717) is 0 Å². The van der Waals surface area contributed by atoms with Gasteiger partial charge in [0.05, 0.1) is 5.39 Å². The van der Waals surface area contributed by atoms with Crippen LogP contribution in [0.1, 0.15) is 31.5 Å². The standard InChI is InChI=1S/C13H19N3S/c1-8-6-9-11(14-5)15-10(7-13(2,3)4)16-12(9)17-8/h6H,7H2,1-5H3,(H,14,15,16). The van der Waals surface area contributed by atoms with Gasteiger partial charge in [-0.3, -0.25) is 0 Å². The van der Waals surface area contributed by atoms with Crippen LogP contribution < -0.4 is 5.32 Å². The van der Waals surface area contributed by atoms with Gasteiger partial charge in [-0.05, 0) is 18.4 Å². The van der Waals surface area contributed by atoms with E-state index in [1.54, 1.807) is 11.3 Å². The molecule has 2 aromatic rings. The Labute approximate surface area is 106 Å². The number of rotatable bonds is 2. The number of aryl methyl sites for hydroxylation is 1. The molecule has 0 radical (unpaired) electrons. The molecule has 4 heteroatoms. The zero-order valence-electron chi connectivity index (χ0n) is 11.1. The molecule has 2 rings (SSSR count). The Balaban J connectivity index is 2.52. The predicted molar refractivity (Wildman–Crippen MR) is 74.9 cm³/mol. The van der Waals surface area contributed by atoms with Gasteiger partial charge in [0, 0.05) is 18.3 Å². The fourth-order valence-corrected chi connectivity index (χ4v) is 2.73. The van der Waals surface area contributed by atoms with Gasteiger partial charge in [0.15, 0.2) is 0 Å². The number of aromatic nitrogens is 2. The van der Waals surface area contributed by atoms with Crippen molar-refractivity contribution in [3.05, 3.63) is 16.8 Å². The van der Waals surface area contributed by atoms with Crippen LogP contribution in [0.4, 0.5) is 5.82 Å². The molecule has 2 aromatic heterocycles. The quantitative estimate of drug-likeness (QED) is 0.883. The fourth-order valence-electron chi connectivity index (χ4n) is 1.83. The van der Waals surface area contributed by atoms with Crippen LogP contribution in [0.25, 0.3) is 10.2 Å². The number of hydrogen-bond acceptors (Lipinski definition) is 4. The molecular formula is C13H19N3S. The fraction of sp³-hybridized carbons (Fsp3) is 0.538. The molecule has 0 unspecified atom stereocenters. The first-order valence-electron chi connectivity index (χ1n) is 5.84. The van der Waals surface area contributed by atoms with Crippen LogP contribution in [0.5, 0.6) is 0 Å². The van der Waals surface area contributed by atoms with E-state index in [9.17, 15) is 0 Å². The highest BCUT2D eigenvalue weighted by molar-refractivity contribution is 7.18. The number of fused-ring (bicyclic) bond motifs is 1. The molecule has 0 saturated heterocycles. The van der Waals surface area contributed by atoms with Crippen molar-refractivity contribution in [3.63, 3.8) is 0 Å². The molecule has 0 atom stereocenters. The summed E-state index contributed by atoms with van der Waals surface area (Å²) in [6, 6.07) is 2.15. The molecule has 92 valence electrons. The average Bonchev–Trinajstić information content (AvgIpc) is 2.54. The smallest absolute Gasteiger partial charge is 0.138 e. The molecule has 0 amide bonds. The molecule has 0 spiro atoms. The van der Waals surface area contributed by atoms with E-state index in [1.807, 2.05) is 7.05 Å². The summed E-state index contributed by atoms with van der Waals surface area (Å²) >= 11 is 1.73. The Morgan fingerprint density at radius 3 is 2.59 bits per heavy atom. The van der Waals surface area contributed by atoms with Gasteiger partial charge < -0.3 is 5.32 Å². The molecule has 0 aromatic carbocycles. The van der Waals surface area contributed by atoms with Crippen molar-refractivity contribution in [2.45, 2.75) is 34.1 Å². The largest absolute Gasteiger partial charge is 0.372 e. The molecule has 0 aliphatic carbocycles. The SMILES string of the molecule is CNc1nc(CC(C)(C)C)nc2sc(C)cc12. The lowest BCUT2D eigenvalue weighted by molar-refractivity contribution is 0.401. The van der Waals surface area contributed by atoms with Gasteiger partial charge in [0.25, 0.3) is 0 Å². The Hall–Kier alpha value is -1.16. The lowest BCUT2D eigenvalue weighted by Gasteiger charge is -2.17. The Kier molecular flexibility index (Phi) is 3.08. The molecule has 0 bridgehead atoms. The Morgan fingerprint density at radius 2 is 2.00 bits per heavy atom. The normalized spacial score (nSPS) is 12.1. The van der Waals surface area contributed by atoms with Gasteiger partial charge in [-0.25, -0.2) is 9.97 Å². The highest BCUT2D eigenvalue weighted by Gasteiger charge is 2.16. The molecular weight excluding hydrogens is 230 g/mol. The van der Waals surface area contributed by atoms with Crippen molar-refractivity contribution in [2.24, 2.45) is 5.41 Å². The summed E-state index contributed by atoms with van der Waals surface area (Å²) < 4.78 is 0. The molecule has 2 heterocycles. The van der Waals surface area contributed by atoms with Crippen molar-refractivity contribution >= 4 is 27.4 Å². The van der Waals surface area contributed by atoms with Gasteiger partial charge in [0.2, 0.25) is 0 Å². The van der Waals surface area contributed by atoms with Gasteiger partial charge in [-0.15, -0.1) is 11.3 Å². The monoisotopic (exact) mass is 249 g/mol. The van der Waals surface area contributed by atoms with E-state index < -0.39 is 0 Å². The third kappa shape index (κ3) is 2.75. The number of thiophene rings is 1. The van der Waals surface area contributed by atoms with Crippen molar-refractivity contribution in [3.8, 4) is 0 Å². The summed E-state index contributed by atoms with van der Waals surface area (Å²) in [7, 11) is 1.91. The summed E-state index contributed by atoms with van der Waals surface area (Å²) in [5, 5.41) is 4.30. The minimum absolute atomic E-state index is 0.213. The summed E-state index contributed by atoms with van der Waals surface area (Å²) in [6.07, 6.45) is 0.897. The number of nitrogens with one attached hydrogen (secondary N) is 1. The van der Waals surface area contributed by atoms with Crippen molar-refractivity contribution in [2.75, 3.05) is 12.4 Å². The van der Waals surface area contributed by atoms with Crippen LogP contribution in [-0.4, -0.2) is 17.0 Å². The minimum Gasteiger partial charge on any atom is -0.372 e. The predicted octanol–water partition coefficient (Wildman–Crippen LogP) is 3.63. The molecule has 0 fully saturated rings. The van der Waals surface area contributed by atoms with Crippen LogP contribution in [0.2, 0.25) is 0 Å². The molecule has 0 aliphatic rings. The maximum absolute atomic E-state index is 4.66. The second-order valence-corrected chi connectivity index (χ2v) is 6.79. The maximum atomic E-state index is 4.66. The zero-order valence-corrected chi connectivity index (χ0v) is 11.9. The lowest BCUT2D eigenvalue weighted by atomic mass is 9.92. The maximum Gasteiger partial charge on any atom is 0.138 e. The topological polar surface area (TPSA) is 37.8 Å². The van der Waals surface area contributed by atoms with Crippen LogP contribution >= 0.6 is 11.3 Å². The highest BCUT2D eigenvalue weighted by atomic mass is 32.1. The van der Waals surface area contributed by atoms with Gasteiger partial charge in [-0.1, -0.05) is 20.8 Å². The second kappa shape index (κ2) is 4.26. The molecule has 1 N–H and O–H groups in total. The van der Waals surface area contributed by atoms with Crippen molar-refractivity contribution in [1.82, 2.24) is 9.97 Å². The van der Waals surface area contributed by atoms with E-state index in [0.717, 1.165) is 28.3 Å². The molecule has 0 saturated carbocycles. The second-order valence-electron chi connectivity index (χ2n) is 5.55. The Morgan fingerprint density at radius 1 is 1.29 bits per heavy atom. The van der Waals surface area contributed by atoms with Crippen LogP contribution in [-0.2, 0) is 6.42 Å². The highest BCUT2D eigenvalue weighted by Crippen LogP contribution is 2.29. The number of anilines is 1. The summed E-state index contributed by atoms with van der Waals surface area (Å²) in [5.41, 5.74) is 0.213. The minimum atomic E-state index is 0.213. The lowest BCUT2D eigenvalue weighted by Crippen LogP contribution is -2.12. The Bertz CT molecular complexity index is 537. The van der Waals surface area contributed by atoms with Crippen molar-refractivity contribution < 1.29 is 0 Å². The number of hydrogen-bond donors (Lipinski definition) is 1. The first-order valence-corrected chi connectivity index (χ1v) is 6.65. The van der Waals surface area contributed by atoms with Gasteiger partial charge in [-0.2, -0.15) is 0 Å². The van der Waals surface area contributed by atoms with E-state index in [4.69, 9.17) is 0 Å². The zero-order chi connectivity index (χ0) is 12.6. The first kappa shape index (κ1) is 12.3. The van der Waals surface area contributed by atoms with Crippen LogP contribution in [0, 0.1) is 12.3 Å². The third-order valence-electron chi connectivity index (χ3n) is 2.49. The third-order valence-corrected chi connectivity index (χ3v) is 3.43. The van der Waals surface area contributed by atoms with Crippen molar-refractivity contribution in [1.29, 1.82) is 0 Å². The molecule has 0 aliphatic heterocycles. The van der Waals surface area contributed by atoms with E-state index in [2.05, 4.69) is 49.0 Å². The first-order chi connectivity index (χ1) is 7.89. The van der Waals surface area contributed by atoms with E-state index in [-0.39, 0.29) is 5.41 Å². The van der Waals surface area contributed by atoms with E-state index >= 15 is 0 Å². The summed E-state index contributed by atoms with van der Waals surface area (Å²) in [5.74, 6) is 1.87. The summed E-state index contributed by atoms with van der Waals surface area (Å²) in [6.45, 7) is 8.73. The average molecular weight is 249 g/mol. The molecule has 17 heavy (non-hydrogen) atoms. The van der Waals surface area contributed by atoms with Crippen LogP contribution in [0.15, 0.2) is 6.07 Å². The summed E-state index contributed by atoms with van der Waals surface area (Å²) in [4.78, 5) is 11.6. The van der Waals surface area contributed by atoms with E-state index in [1.165, 1.54) is 4.88 Å². The van der Waals surface area contributed by atoms with Crippen LogP contribution in [0.3, 0.4) is 0 Å². The van der Waals surface area contributed by atoms with Gasteiger partial charge in [0.1, 0.15) is 16.5 Å². The van der Waals surface area contributed by atoms with Gasteiger partial charge >= 0.3 is 0 Å².